The van der Waals surface area contributed by atoms with Gasteiger partial charge in [-0.15, -0.1) is 0 Å². The smallest absolute Gasteiger partial charge is 0.131 e. The number of hydrogen-bond acceptors (Lipinski definition) is 1. The van der Waals surface area contributed by atoms with E-state index in [2.05, 4.69) is 17.5 Å². The second kappa shape index (κ2) is 10.5. The minimum absolute atomic E-state index is 0.159. The summed E-state index contributed by atoms with van der Waals surface area (Å²) in [6.45, 7) is 12.3. The Kier molecular flexibility index (Phi) is 8.05. The van der Waals surface area contributed by atoms with Gasteiger partial charge in [0.25, 0.3) is 0 Å². The van der Waals surface area contributed by atoms with E-state index in [9.17, 15) is 8.78 Å². The van der Waals surface area contributed by atoms with Gasteiger partial charge in [-0.25, -0.2) is 8.78 Å². The standard InChI is InChI=1S/C28H37F2N/c1-5-28(30,6-2)20-31-17-15-22(16-18-31)7-8-23-9-14-26(27(29)19-23)25-12-10-24(11-13-25)21(3)4/h9-14,19,22H,3,5-8,15-18,20H2,1-2,4H3. The molecule has 3 rings (SSSR count). The van der Waals surface area contributed by atoms with Crippen LogP contribution in [0.25, 0.3) is 16.7 Å². The average molecular weight is 426 g/mol. The van der Waals surface area contributed by atoms with Crippen molar-refractivity contribution in [2.75, 3.05) is 19.6 Å². The Hall–Kier alpha value is -2.00. The molecule has 3 heteroatoms. The molecule has 0 bridgehead atoms. The third kappa shape index (κ3) is 6.26. The Balaban J connectivity index is 1.52. The van der Waals surface area contributed by atoms with Gasteiger partial charge in [-0.2, -0.15) is 0 Å². The van der Waals surface area contributed by atoms with Crippen molar-refractivity contribution >= 4 is 5.57 Å². The molecule has 31 heavy (non-hydrogen) atoms. The summed E-state index contributed by atoms with van der Waals surface area (Å²) in [5, 5.41) is 0. The number of rotatable bonds is 9. The van der Waals surface area contributed by atoms with Crippen molar-refractivity contribution in [1.82, 2.24) is 4.90 Å². The topological polar surface area (TPSA) is 3.24 Å². The van der Waals surface area contributed by atoms with Gasteiger partial charge in [-0.1, -0.05) is 62.4 Å². The van der Waals surface area contributed by atoms with Gasteiger partial charge < -0.3 is 4.90 Å². The minimum Gasteiger partial charge on any atom is -0.300 e. The second-order valence-corrected chi connectivity index (χ2v) is 9.29. The second-order valence-electron chi connectivity index (χ2n) is 9.29. The molecule has 1 aliphatic rings. The van der Waals surface area contributed by atoms with Crippen LogP contribution in [-0.4, -0.2) is 30.2 Å². The zero-order valence-corrected chi connectivity index (χ0v) is 19.4. The average Bonchev–Trinajstić information content (AvgIpc) is 2.78. The number of nitrogens with zero attached hydrogens (tertiary/aromatic N) is 1. The SMILES string of the molecule is C=C(C)c1ccc(-c2ccc(CCC3CCN(CC(F)(CC)CC)CC3)cc2F)cc1. The molecule has 2 aromatic carbocycles. The summed E-state index contributed by atoms with van der Waals surface area (Å²) in [6.07, 6.45) is 5.36. The number of allylic oxidation sites excluding steroid dienone is 1. The Morgan fingerprint density at radius 1 is 1.06 bits per heavy atom. The highest BCUT2D eigenvalue weighted by Gasteiger charge is 2.30. The van der Waals surface area contributed by atoms with Crippen molar-refractivity contribution in [2.24, 2.45) is 5.92 Å². The maximum absolute atomic E-state index is 14.8. The molecule has 0 unspecified atom stereocenters. The predicted octanol–water partition coefficient (Wildman–Crippen LogP) is 7.70. The van der Waals surface area contributed by atoms with Gasteiger partial charge in [-0.05, 0) is 87.2 Å². The van der Waals surface area contributed by atoms with E-state index in [1.807, 2.05) is 51.1 Å². The molecule has 0 atom stereocenters. The molecule has 0 spiro atoms. The van der Waals surface area contributed by atoms with E-state index in [0.717, 1.165) is 61.0 Å². The molecular weight excluding hydrogens is 388 g/mol. The molecule has 2 aromatic rings. The molecule has 0 saturated carbocycles. The number of piperidine rings is 1. The Morgan fingerprint density at radius 3 is 2.26 bits per heavy atom. The number of likely N-dealkylation sites (tertiary alicyclic amines) is 1. The van der Waals surface area contributed by atoms with Crippen molar-refractivity contribution < 1.29 is 8.78 Å². The van der Waals surface area contributed by atoms with Gasteiger partial charge in [-0.3, -0.25) is 0 Å². The molecule has 1 fully saturated rings. The molecular formula is C28H37F2N. The van der Waals surface area contributed by atoms with Crippen LogP contribution in [0.4, 0.5) is 8.78 Å². The largest absolute Gasteiger partial charge is 0.300 e. The van der Waals surface area contributed by atoms with Crippen LogP contribution in [0.5, 0.6) is 0 Å². The van der Waals surface area contributed by atoms with Gasteiger partial charge in [0.05, 0.1) is 0 Å². The number of halogens is 2. The summed E-state index contributed by atoms with van der Waals surface area (Å²) in [6, 6.07) is 13.5. The quantitative estimate of drug-likeness (QED) is 0.398. The van der Waals surface area contributed by atoms with Crippen LogP contribution in [0.15, 0.2) is 49.0 Å². The highest BCUT2D eigenvalue weighted by Crippen LogP contribution is 2.29. The fourth-order valence-corrected chi connectivity index (χ4v) is 4.56. The lowest BCUT2D eigenvalue weighted by molar-refractivity contribution is 0.0628. The molecule has 0 radical (unpaired) electrons. The molecule has 0 amide bonds. The molecule has 0 aromatic heterocycles. The van der Waals surface area contributed by atoms with Gasteiger partial charge in [0, 0.05) is 12.1 Å². The van der Waals surface area contributed by atoms with E-state index in [0.29, 0.717) is 30.9 Å². The van der Waals surface area contributed by atoms with Crippen LogP contribution < -0.4 is 0 Å². The third-order valence-corrected chi connectivity index (χ3v) is 7.04. The fourth-order valence-electron chi connectivity index (χ4n) is 4.56. The molecule has 1 aliphatic heterocycles. The van der Waals surface area contributed by atoms with Gasteiger partial charge >= 0.3 is 0 Å². The minimum atomic E-state index is -1.04. The van der Waals surface area contributed by atoms with Crippen LogP contribution >= 0.6 is 0 Å². The van der Waals surface area contributed by atoms with Gasteiger partial charge in [0.1, 0.15) is 11.5 Å². The lowest BCUT2D eigenvalue weighted by atomic mass is 9.89. The summed E-state index contributed by atoms with van der Waals surface area (Å²) in [7, 11) is 0. The van der Waals surface area contributed by atoms with Crippen molar-refractivity contribution in [2.45, 2.75) is 65.0 Å². The zero-order valence-electron chi connectivity index (χ0n) is 19.4. The normalized spacial score (nSPS) is 15.9. The van der Waals surface area contributed by atoms with Crippen LogP contribution in [0.2, 0.25) is 0 Å². The first-order chi connectivity index (χ1) is 14.8. The van der Waals surface area contributed by atoms with E-state index in [1.165, 1.54) is 0 Å². The van der Waals surface area contributed by atoms with Crippen LogP contribution in [-0.2, 0) is 6.42 Å². The van der Waals surface area contributed by atoms with E-state index < -0.39 is 5.67 Å². The van der Waals surface area contributed by atoms with Crippen molar-refractivity contribution in [3.63, 3.8) is 0 Å². The summed E-state index contributed by atoms with van der Waals surface area (Å²) in [4.78, 5) is 2.29. The Labute approximate surface area is 187 Å². The number of benzene rings is 2. The first-order valence-corrected chi connectivity index (χ1v) is 11.8. The Morgan fingerprint density at radius 2 is 1.71 bits per heavy atom. The van der Waals surface area contributed by atoms with Gasteiger partial charge in [0.2, 0.25) is 0 Å². The van der Waals surface area contributed by atoms with E-state index in [1.54, 1.807) is 6.07 Å². The summed E-state index contributed by atoms with van der Waals surface area (Å²) in [5.74, 6) is 0.486. The number of aryl methyl sites for hydroxylation is 1. The highest BCUT2D eigenvalue weighted by molar-refractivity contribution is 5.69. The van der Waals surface area contributed by atoms with Gasteiger partial charge in [0.15, 0.2) is 0 Å². The van der Waals surface area contributed by atoms with Crippen molar-refractivity contribution in [3.8, 4) is 11.1 Å². The molecule has 0 N–H and O–H groups in total. The summed E-state index contributed by atoms with van der Waals surface area (Å²) in [5.41, 5.74) is 3.64. The number of alkyl halides is 1. The monoisotopic (exact) mass is 425 g/mol. The van der Waals surface area contributed by atoms with Crippen LogP contribution in [0, 0.1) is 11.7 Å². The molecule has 0 aliphatic carbocycles. The fraction of sp³-hybridized carbons (Fsp3) is 0.500. The van der Waals surface area contributed by atoms with E-state index >= 15 is 0 Å². The molecule has 1 saturated heterocycles. The zero-order chi connectivity index (χ0) is 22.4. The third-order valence-electron chi connectivity index (χ3n) is 7.04. The summed E-state index contributed by atoms with van der Waals surface area (Å²) < 4.78 is 29.4. The summed E-state index contributed by atoms with van der Waals surface area (Å²) >= 11 is 0. The molecule has 1 nitrogen and oxygen atoms in total. The maximum atomic E-state index is 14.8. The first-order valence-electron chi connectivity index (χ1n) is 11.8. The Bertz CT molecular complexity index is 859. The predicted molar refractivity (Wildman–Crippen MR) is 128 cm³/mol. The molecule has 1 heterocycles. The highest BCUT2D eigenvalue weighted by atomic mass is 19.1. The lowest BCUT2D eigenvalue weighted by Crippen LogP contribution is -2.43. The van der Waals surface area contributed by atoms with E-state index in [4.69, 9.17) is 0 Å². The van der Waals surface area contributed by atoms with Crippen molar-refractivity contribution in [3.05, 3.63) is 66.0 Å². The number of hydrogen-bond donors (Lipinski definition) is 0. The molecule has 168 valence electrons. The lowest BCUT2D eigenvalue weighted by Gasteiger charge is -2.36. The van der Waals surface area contributed by atoms with Crippen molar-refractivity contribution in [1.29, 1.82) is 0 Å². The van der Waals surface area contributed by atoms with E-state index in [-0.39, 0.29) is 5.82 Å². The maximum Gasteiger partial charge on any atom is 0.131 e. The van der Waals surface area contributed by atoms with Crippen LogP contribution in [0.3, 0.4) is 0 Å². The first kappa shape index (κ1) is 23.7. The van der Waals surface area contributed by atoms with Crippen LogP contribution in [0.1, 0.15) is 64.0 Å².